The minimum atomic E-state index is -0.348. The van der Waals surface area contributed by atoms with Gasteiger partial charge in [0.2, 0.25) is 0 Å². The van der Waals surface area contributed by atoms with Crippen molar-refractivity contribution in [3.05, 3.63) is 80.3 Å². The molecule has 0 fully saturated rings. The topological polar surface area (TPSA) is 47.8 Å². The van der Waals surface area contributed by atoms with Crippen molar-refractivity contribution in [3.8, 4) is 11.3 Å². The van der Waals surface area contributed by atoms with Gasteiger partial charge in [0.25, 0.3) is 5.56 Å². The predicted molar refractivity (Wildman–Crippen MR) is 102 cm³/mol. The molecule has 4 rings (SSSR count). The summed E-state index contributed by atoms with van der Waals surface area (Å²) in [6.45, 7) is 2.02. The van der Waals surface area contributed by atoms with Gasteiger partial charge in [-0.2, -0.15) is 5.10 Å². The highest BCUT2D eigenvalue weighted by Gasteiger charge is 2.16. The van der Waals surface area contributed by atoms with Crippen molar-refractivity contribution in [2.75, 3.05) is 0 Å². The fourth-order valence-electron chi connectivity index (χ4n) is 2.78. The van der Waals surface area contributed by atoms with Crippen molar-refractivity contribution in [1.82, 2.24) is 14.8 Å². The van der Waals surface area contributed by atoms with E-state index in [1.165, 1.54) is 28.2 Å². The SMILES string of the molecule is Cc1nc2c(=O)n(Cc3cccc(F)c3)nc(-c3ccc(Cl)cc3)c2s1. The van der Waals surface area contributed by atoms with Crippen LogP contribution >= 0.6 is 22.9 Å². The zero-order valence-electron chi connectivity index (χ0n) is 13.7. The Morgan fingerprint density at radius 1 is 1.19 bits per heavy atom. The van der Waals surface area contributed by atoms with Crippen LogP contribution in [0.15, 0.2) is 53.3 Å². The summed E-state index contributed by atoms with van der Waals surface area (Å²) in [7, 11) is 0. The van der Waals surface area contributed by atoms with E-state index in [0.717, 1.165) is 15.3 Å². The first-order valence-corrected chi connectivity index (χ1v) is 9.09. The van der Waals surface area contributed by atoms with Crippen molar-refractivity contribution in [1.29, 1.82) is 0 Å². The maximum Gasteiger partial charge on any atom is 0.294 e. The van der Waals surface area contributed by atoms with Gasteiger partial charge in [-0.05, 0) is 36.8 Å². The number of hydrogen-bond donors (Lipinski definition) is 0. The fourth-order valence-corrected chi connectivity index (χ4v) is 3.82. The van der Waals surface area contributed by atoms with Gasteiger partial charge in [-0.15, -0.1) is 11.3 Å². The van der Waals surface area contributed by atoms with Gasteiger partial charge in [-0.25, -0.2) is 14.1 Å². The molecule has 26 heavy (non-hydrogen) atoms. The molecule has 0 N–H and O–H groups in total. The molecule has 130 valence electrons. The average Bonchev–Trinajstić information content (AvgIpc) is 3.00. The second-order valence-corrected chi connectivity index (χ2v) is 7.50. The molecule has 0 bridgehead atoms. The van der Waals surface area contributed by atoms with Crippen LogP contribution in [0.3, 0.4) is 0 Å². The summed E-state index contributed by atoms with van der Waals surface area (Å²) in [5.41, 5.74) is 2.26. The molecule has 0 atom stereocenters. The summed E-state index contributed by atoms with van der Waals surface area (Å²) < 4.78 is 15.6. The molecule has 0 saturated heterocycles. The molecule has 0 radical (unpaired) electrons. The van der Waals surface area contributed by atoms with E-state index in [1.54, 1.807) is 24.3 Å². The number of benzene rings is 2. The lowest BCUT2D eigenvalue weighted by Crippen LogP contribution is -2.24. The van der Waals surface area contributed by atoms with Gasteiger partial charge in [-0.1, -0.05) is 35.9 Å². The number of aryl methyl sites for hydroxylation is 1. The summed E-state index contributed by atoms with van der Waals surface area (Å²) in [6, 6.07) is 13.4. The summed E-state index contributed by atoms with van der Waals surface area (Å²) in [5.74, 6) is -0.348. The van der Waals surface area contributed by atoms with Crippen LogP contribution in [0, 0.1) is 12.7 Å². The lowest BCUT2D eigenvalue weighted by molar-refractivity contribution is 0.613. The van der Waals surface area contributed by atoms with E-state index in [9.17, 15) is 9.18 Å². The first kappa shape index (κ1) is 16.9. The van der Waals surface area contributed by atoms with E-state index in [2.05, 4.69) is 10.1 Å². The number of hydrogen-bond acceptors (Lipinski definition) is 4. The van der Waals surface area contributed by atoms with Gasteiger partial charge in [0.15, 0.2) is 5.52 Å². The smallest absolute Gasteiger partial charge is 0.265 e. The molecule has 0 aliphatic carbocycles. The maximum absolute atomic E-state index is 13.5. The van der Waals surface area contributed by atoms with Gasteiger partial charge in [0.05, 0.1) is 16.3 Å². The van der Waals surface area contributed by atoms with Crippen LogP contribution in [-0.4, -0.2) is 14.8 Å². The van der Waals surface area contributed by atoms with Gasteiger partial charge >= 0.3 is 0 Å². The fraction of sp³-hybridized carbons (Fsp3) is 0.105. The molecule has 0 saturated carbocycles. The number of halogens is 2. The van der Waals surface area contributed by atoms with Crippen LogP contribution in [0.1, 0.15) is 10.6 Å². The summed E-state index contributed by atoms with van der Waals surface area (Å²) in [6.07, 6.45) is 0. The second-order valence-electron chi connectivity index (χ2n) is 5.86. The van der Waals surface area contributed by atoms with Gasteiger partial charge in [0, 0.05) is 10.6 Å². The predicted octanol–water partition coefficient (Wildman–Crippen LogP) is 4.67. The van der Waals surface area contributed by atoms with Crippen molar-refractivity contribution < 1.29 is 4.39 Å². The molecule has 0 aliphatic heterocycles. The molecule has 0 spiro atoms. The highest BCUT2D eigenvalue weighted by molar-refractivity contribution is 7.19. The first-order valence-electron chi connectivity index (χ1n) is 7.90. The van der Waals surface area contributed by atoms with Crippen molar-refractivity contribution in [2.24, 2.45) is 0 Å². The summed E-state index contributed by atoms with van der Waals surface area (Å²) in [5, 5.41) is 5.96. The molecule has 7 heteroatoms. The molecular weight excluding hydrogens is 373 g/mol. The van der Waals surface area contributed by atoms with E-state index in [1.807, 2.05) is 19.1 Å². The quantitative estimate of drug-likeness (QED) is 0.515. The van der Waals surface area contributed by atoms with E-state index < -0.39 is 0 Å². The highest BCUT2D eigenvalue weighted by atomic mass is 35.5. The van der Waals surface area contributed by atoms with Crippen LogP contribution < -0.4 is 5.56 Å². The van der Waals surface area contributed by atoms with E-state index in [4.69, 9.17) is 11.6 Å². The van der Waals surface area contributed by atoms with Crippen molar-refractivity contribution >= 4 is 33.2 Å². The Morgan fingerprint density at radius 3 is 2.69 bits per heavy atom. The van der Waals surface area contributed by atoms with E-state index in [-0.39, 0.29) is 17.9 Å². The Morgan fingerprint density at radius 2 is 1.96 bits per heavy atom. The van der Waals surface area contributed by atoms with Crippen LogP contribution in [0.25, 0.3) is 21.5 Å². The maximum atomic E-state index is 13.5. The third-order valence-corrected chi connectivity index (χ3v) is 5.18. The van der Waals surface area contributed by atoms with Crippen LogP contribution in [0.2, 0.25) is 5.02 Å². The summed E-state index contributed by atoms with van der Waals surface area (Å²) in [4.78, 5) is 17.2. The lowest BCUT2D eigenvalue weighted by atomic mass is 10.1. The number of rotatable bonds is 3. The molecule has 2 aromatic carbocycles. The van der Waals surface area contributed by atoms with E-state index >= 15 is 0 Å². The van der Waals surface area contributed by atoms with Gasteiger partial charge in [0.1, 0.15) is 11.5 Å². The Bertz CT molecular complexity index is 1170. The van der Waals surface area contributed by atoms with Crippen LogP contribution in [0.5, 0.6) is 0 Å². The minimum Gasteiger partial charge on any atom is -0.265 e. The first-order chi connectivity index (χ1) is 12.5. The Labute approximate surface area is 157 Å². The van der Waals surface area contributed by atoms with Crippen molar-refractivity contribution in [2.45, 2.75) is 13.5 Å². The number of aromatic nitrogens is 3. The number of fused-ring (bicyclic) bond motifs is 1. The third-order valence-electron chi connectivity index (χ3n) is 3.95. The molecule has 2 aromatic heterocycles. The summed E-state index contributed by atoms with van der Waals surface area (Å²) >= 11 is 7.41. The number of thiazole rings is 1. The standard InChI is InChI=1S/C19H13ClFN3OS/c1-11-22-17-18(26-11)16(13-5-7-14(20)8-6-13)23-24(19(17)25)10-12-3-2-4-15(21)9-12/h2-9H,10H2,1H3. The van der Waals surface area contributed by atoms with Crippen molar-refractivity contribution in [3.63, 3.8) is 0 Å². The Kier molecular flexibility index (Phi) is 4.30. The second kappa shape index (κ2) is 6.63. The van der Waals surface area contributed by atoms with Gasteiger partial charge in [-0.3, -0.25) is 4.79 Å². The average molecular weight is 386 g/mol. The third kappa shape index (κ3) is 3.13. The minimum absolute atomic E-state index is 0.170. The van der Waals surface area contributed by atoms with Crippen LogP contribution in [-0.2, 0) is 6.54 Å². The molecule has 0 amide bonds. The Hall–Kier alpha value is -2.57. The molecule has 0 unspecified atom stereocenters. The Balaban J connectivity index is 1.92. The molecular formula is C19H13ClFN3OS. The normalized spacial score (nSPS) is 11.2. The molecule has 4 nitrogen and oxygen atoms in total. The van der Waals surface area contributed by atoms with Crippen LogP contribution in [0.4, 0.5) is 4.39 Å². The highest BCUT2D eigenvalue weighted by Crippen LogP contribution is 2.30. The van der Waals surface area contributed by atoms with E-state index in [0.29, 0.717) is 21.8 Å². The molecule has 2 heterocycles. The monoisotopic (exact) mass is 385 g/mol. The lowest BCUT2D eigenvalue weighted by Gasteiger charge is -2.09. The van der Waals surface area contributed by atoms with Gasteiger partial charge < -0.3 is 0 Å². The zero-order chi connectivity index (χ0) is 18.3. The molecule has 0 aliphatic rings. The zero-order valence-corrected chi connectivity index (χ0v) is 15.3. The largest absolute Gasteiger partial charge is 0.294 e. The molecule has 4 aromatic rings. The number of nitrogens with zero attached hydrogens (tertiary/aromatic N) is 3.